The molecule has 1 aliphatic heterocycles. The third-order valence-electron chi connectivity index (χ3n) is 5.36. The number of hydrogen-bond donors (Lipinski definition) is 1. The molecule has 1 aromatic heterocycles. The van der Waals surface area contributed by atoms with E-state index in [9.17, 15) is 4.79 Å². The normalized spacial score (nSPS) is 14.3. The number of carbonyl (C=O) groups excluding carboxylic acids is 1. The number of carbonyl (C=O) groups is 1. The highest BCUT2D eigenvalue weighted by molar-refractivity contribution is 5.94. The van der Waals surface area contributed by atoms with E-state index in [1.54, 1.807) is 6.20 Å². The van der Waals surface area contributed by atoms with Gasteiger partial charge in [-0.2, -0.15) is 5.10 Å². The summed E-state index contributed by atoms with van der Waals surface area (Å²) in [5.74, 6) is -0.0558. The number of aryl methyl sites for hydroxylation is 1. The van der Waals surface area contributed by atoms with Crippen LogP contribution in [-0.2, 0) is 13.1 Å². The standard InChI is InChI=1S/C23H26N4O/c1-18-12-13-25-27(18)22-10-8-19(9-11-22)23(28)24-16-20-6-2-3-7-21(20)17-26-14-4-5-15-26/h2-3,6-13H,4-5,14-17H2,1H3,(H,24,28). The Balaban J connectivity index is 1.40. The highest BCUT2D eigenvalue weighted by atomic mass is 16.1. The summed E-state index contributed by atoms with van der Waals surface area (Å²) in [5.41, 5.74) is 5.16. The van der Waals surface area contributed by atoms with Crippen LogP contribution in [0.15, 0.2) is 60.8 Å². The summed E-state index contributed by atoms with van der Waals surface area (Å²) in [7, 11) is 0. The van der Waals surface area contributed by atoms with Gasteiger partial charge in [0, 0.05) is 30.5 Å². The molecule has 0 radical (unpaired) electrons. The maximum absolute atomic E-state index is 12.6. The van der Waals surface area contributed by atoms with Gasteiger partial charge in [0.15, 0.2) is 0 Å². The van der Waals surface area contributed by atoms with Gasteiger partial charge in [-0.25, -0.2) is 4.68 Å². The second-order valence-electron chi connectivity index (χ2n) is 7.37. The zero-order valence-corrected chi connectivity index (χ0v) is 16.3. The molecule has 0 bridgehead atoms. The maximum atomic E-state index is 12.6. The summed E-state index contributed by atoms with van der Waals surface area (Å²) in [6, 6.07) is 17.9. The lowest BCUT2D eigenvalue weighted by molar-refractivity contribution is 0.0951. The topological polar surface area (TPSA) is 50.2 Å². The number of hydrogen-bond acceptors (Lipinski definition) is 3. The molecule has 1 amide bonds. The van der Waals surface area contributed by atoms with E-state index in [1.807, 2.05) is 48.0 Å². The third kappa shape index (κ3) is 4.15. The first kappa shape index (κ1) is 18.4. The molecule has 2 aromatic carbocycles. The van der Waals surface area contributed by atoms with Gasteiger partial charge in [-0.3, -0.25) is 9.69 Å². The Labute approximate surface area is 166 Å². The lowest BCUT2D eigenvalue weighted by atomic mass is 10.1. The van der Waals surface area contributed by atoms with Crippen LogP contribution in [0.4, 0.5) is 0 Å². The van der Waals surface area contributed by atoms with Gasteiger partial charge in [0.2, 0.25) is 0 Å². The molecular formula is C23H26N4O. The Morgan fingerprint density at radius 1 is 1.00 bits per heavy atom. The van der Waals surface area contributed by atoms with Crippen LogP contribution in [-0.4, -0.2) is 33.7 Å². The predicted octanol–water partition coefficient (Wildman–Crippen LogP) is 3.71. The molecule has 1 aliphatic rings. The van der Waals surface area contributed by atoms with Crippen LogP contribution in [0.25, 0.3) is 5.69 Å². The molecule has 5 heteroatoms. The molecule has 2 heterocycles. The highest BCUT2D eigenvalue weighted by Gasteiger charge is 2.14. The molecule has 0 spiro atoms. The Morgan fingerprint density at radius 2 is 1.71 bits per heavy atom. The van der Waals surface area contributed by atoms with Crippen molar-refractivity contribution in [2.45, 2.75) is 32.9 Å². The van der Waals surface area contributed by atoms with E-state index in [2.05, 4.69) is 33.5 Å². The second kappa shape index (κ2) is 8.40. The number of aromatic nitrogens is 2. The molecule has 3 aromatic rings. The van der Waals surface area contributed by atoms with Gasteiger partial charge in [0.25, 0.3) is 5.91 Å². The van der Waals surface area contributed by atoms with E-state index in [0.29, 0.717) is 12.1 Å². The molecule has 5 nitrogen and oxygen atoms in total. The molecule has 28 heavy (non-hydrogen) atoms. The number of nitrogens with one attached hydrogen (secondary N) is 1. The first-order chi connectivity index (χ1) is 13.7. The Morgan fingerprint density at radius 3 is 2.39 bits per heavy atom. The summed E-state index contributed by atoms with van der Waals surface area (Å²) < 4.78 is 1.86. The first-order valence-corrected chi connectivity index (χ1v) is 9.89. The lowest BCUT2D eigenvalue weighted by Crippen LogP contribution is -2.25. The fraction of sp³-hybridized carbons (Fsp3) is 0.304. The largest absolute Gasteiger partial charge is 0.348 e. The van der Waals surface area contributed by atoms with Gasteiger partial charge in [-0.1, -0.05) is 24.3 Å². The smallest absolute Gasteiger partial charge is 0.251 e. The molecule has 0 atom stereocenters. The average molecular weight is 374 g/mol. The van der Waals surface area contributed by atoms with Crippen LogP contribution < -0.4 is 5.32 Å². The molecule has 1 N–H and O–H groups in total. The summed E-state index contributed by atoms with van der Waals surface area (Å²) in [4.78, 5) is 15.1. The molecule has 0 saturated carbocycles. The Hall–Kier alpha value is -2.92. The summed E-state index contributed by atoms with van der Waals surface area (Å²) >= 11 is 0. The van der Waals surface area contributed by atoms with Crippen LogP contribution in [0.2, 0.25) is 0 Å². The monoisotopic (exact) mass is 374 g/mol. The van der Waals surface area contributed by atoms with Crippen molar-refractivity contribution >= 4 is 5.91 Å². The number of rotatable bonds is 6. The number of benzene rings is 2. The molecule has 1 saturated heterocycles. The predicted molar refractivity (Wildman–Crippen MR) is 110 cm³/mol. The van der Waals surface area contributed by atoms with Crippen LogP contribution in [0, 0.1) is 6.92 Å². The van der Waals surface area contributed by atoms with Gasteiger partial charge >= 0.3 is 0 Å². The Bertz CT molecular complexity index is 939. The quantitative estimate of drug-likeness (QED) is 0.716. The molecule has 0 unspecified atom stereocenters. The SMILES string of the molecule is Cc1ccnn1-c1ccc(C(=O)NCc2ccccc2CN2CCCC2)cc1. The van der Waals surface area contributed by atoms with Crippen LogP contribution in [0.5, 0.6) is 0 Å². The van der Waals surface area contributed by atoms with E-state index in [0.717, 1.165) is 17.9 Å². The van der Waals surface area contributed by atoms with E-state index in [-0.39, 0.29) is 5.91 Å². The van der Waals surface area contributed by atoms with E-state index in [1.165, 1.54) is 37.1 Å². The van der Waals surface area contributed by atoms with Crippen LogP contribution >= 0.6 is 0 Å². The minimum absolute atomic E-state index is 0.0558. The van der Waals surface area contributed by atoms with Gasteiger partial charge in [0.05, 0.1) is 5.69 Å². The fourth-order valence-electron chi connectivity index (χ4n) is 3.74. The van der Waals surface area contributed by atoms with Crippen molar-refractivity contribution in [3.63, 3.8) is 0 Å². The number of nitrogens with zero attached hydrogens (tertiary/aromatic N) is 3. The first-order valence-electron chi connectivity index (χ1n) is 9.89. The van der Waals surface area contributed by atoms with E-state index < -0.39 is 0 Å². The number of likely N-dealkylation sites (tertiary alicyclic amines) is 1. The average Bonchev–Trinajstić information content (AvgIpc) is 3.39. The Kier molecular flexibility index (Phi) is 5.53. The van der Waals surface area contributed by atoms with Crippen molar-refractivity contribution in [3.05, 3.63) is 83.2 Å². The zero-order valence-electron chi connectivity index (χ0n) is 16.3. The van der Waals surface area contributed by atoms with Crippen molar-refractivity contribution in [1.29, 1.82) is 0 Å². The minimum atomic E-state index is -0.0558. The van der Waals surface area contributed by atoms with Crippen LogP contribution in [0.3, 0.4) is 0 Å². The summed E-state index contributed by atoms with van der Waals surface area (Å²) in [5, 5.41) is 7.37. The van der Waals surface area contributed by atoms with Crippen molar-refractivity contribution in [2.24, 2.45) is 0 Å². The fourth-order valence-corrected chi connectivity index (χ4v) is 3.74. The van der Waals surface area contributed by atoms with E-state index >= 15 is 0 Å². The van der Waals surface area contributed by atoms with Crippen molar-refractivity contribution in [2.75, 3.05) is 13.1 Å². The zero-order chi connectivity index (χ0) is 19.3. The minimum Gasteiger partial charge on any atom is -0.348 e. The second-order valence-corrected chi connectivity index (χ2v) is 7.37. The van der Waals surface area contributed by atoms with E-state index in [4.69, 9.17) is 0 Å². The summed E-state index contributed by atoms with van der Waals surface area (Å²) in [6.07, 6.45) is 4.34. The van der Waals surface area contributed by atoms with Crippen molar-refractivity contribution in [1.82, 2.24) is 20.0 Å². The van der Waals surface area contributed by atoms with Gasteiger partial charge in [-0.05, 0) is 74.3 Å². The molecule has 144 valence electrons. The molecule has 4 rings (SSSR count). The number of amides is 1. The van der Waals surface area contributed by atoms with Gasteiger partial charge in [0.1, 0.15) is 0 Å². The third-order valence-corrected chi connectivity index (χ3v) is 5.36. The summed E-state index contributed by atoms with van der Waals surface area (Å²) in [6.45, 7) is 5.85. The van der Waals surface area contributed by atoms with Crippen molar-refractivity contribution < 1.29 is 4.79 Å². The highest BCUT2D eigenvalue weighted by Crippen LogP contribution is 2.16. The molecular weight excluding hydrogens is 348 g/mol. The van der Waals surface area contributed by atoms with Crippen LogP contribution in [0.1, 0.15) is 40.0 Å². The molecule has 1 fully saturated rings. The molecule has 0 aliphatic carbocycles. The van der Waals surface area contributed by atoms with Crippen molar-refractivity contribution in [3.8, 4) is 5.69 Å². The van der Waals surface area contributed by atoms with Gasteiger partial charge < -0.3 is 5.32 Å². The lowest BCUT2D eigenvalue weighted by Gasteiger charge is -2.17. The van der Waals surface area contributed by atoms with Gasteiger partial charge in [-0.15, -0.1) is 0 Å². The maximum Gasteiger partial charge on any atom is 0.251 e.